The third-order valence-corrected chi connectivity index (χ3v) is 2.74. The average molecular weight is 297 g/mol. The molecule has 0 unspecified atom stereocenters. The first-order valence-corrected chi connectivity index (χ1v) is 6.00. The van der Waals surface area contributed by atoms with Crippen LogP contribution in [0.2, 0.25) is 0 Å². The van der Waals surface area contributed by atoms with Gasteiger partial charge in [-0.1, -0.05) is 0 Å². The maximum atomic E-state index is 4.30. The quantitative estimate of drug-likeness (QED) is 0.877. The van der Waals surface area contributed by atoms with E-state index in [1.165, 1.54) is 0 Å². The lowest BCUT2D eigenvalue weighted by molar-refractivity contribution is 0.637. The second-order valence-corrected chi connectivity index (χ2v) is 4.19. The summed E-state index contributed by atoms with van der Waals surface area (Å²) in [4.78, 5) is 8.39. The molecule has 0 bridgehead atoms. The van der Waals surface area contributed by atoms with Crippen molar-refractivity contribution in [2.75, 3.05) is 24.2 Å². The van der Waals surface area contributed by atoms with Crippen molar-refractivity contribution in [1.29, 1.82) is 0 Å². The van der Waals surface area contributed by atoms with Gasteiger partial charge in [0.15, 0.2) is 0 Å². The van der Waals surface area contributed by atoms with Crippen molar-refractivity contribution in [3.05, 3.63) is 29.1 Å². The lowest BCUT2D eigenvalue weighted by Crippen LogP contribution is -2.12. The molecule has 0 aromatic carbocycles. The first kappa shape index (κ1) is 11.8. The Bertz CT molecular complexity index is 470. The van der Waals surface area contributed by atoms with E-state index in [-0.39, 0.29) is 0 Å². The first-order chi connectivity index (χ1) is 8.29. The van der Waals surface area contributed by atoms with Crippen molar-refractivity contribution in [2.24, 2.45) is 0 Å². The molecule has 2 aromatic heterocycles. The molecule has 2 aromatic rings. The molecule has 0 spiro atoms. The van der Waals surface area contributed by atoms with Gasteiger partial charge >= 0.3 is 0 Å². The Balaban J connectivity index is 1.94. The third kappa shape index (κ3) is 3.16. The van der Waals surface area contributed by atoms with E-state index in [2.05, 4.69) is 41.6 Å². The van der Waals surface area contributed by atoms with E-state index in [0.29, 0.717) is 5.95 Å². The van der Waals surface area contributed by atoms with Crippen LogP contribution in [0.15, 0.2) is 29.1 Å². The van der Waals surface area contributed by atoms with Crippen molar-refractivity contribution in [2.45, 2.75) is 6.54 Å². The Morgan fingerprint density at radius 3 is 3.06 bits per heavy atom. The summed E-state index contributed by atoms with van der Waals surface area (Å²) in [6.07, 6.45) is 5.41. The molecule has 0 aliphatic heterocycles. The molecule has 0 aliphatic carbocycles. The van der Waals surface area contributed by atoms with Gasteiger partial charge in [0.25, 0.3) is 0 Å². The molecular formula is C10H13BrN6. The molecule has 2 N–H and O–H groups in total. The predicted octanol–water partition coefficient (Wildman–Crippen LogP) is 1.59. The topological polar surface area (TPSA) is 67.7 Å². The number of anilines is 2. The second-order valence-electron chi connectivity index (χ2n) is 3.34. The summed E-state index contributed by atoms with van der Waals surface area (Å²) in [7, 11) is 1.79. The van der Waals surface area contributed by atoms with Crippen LogP contribution in [0.5, 0.6) is 0 Å². The molecule has 90 valence electrons. The van der Waals surface area contributed by atoms with E-state index in [4.69, 9.17) is 0 Å². The highest BCUT2D eigenvalue weighted by atomic mass is 79.9. The standard InChI is InChI=1S/C10H13BrN6/c1-12-10-14-7-8(11)9(16-10)13-4-6-17-5-2-3-15-17/h2-3,5,7H,4,6H2,1H3,(H2,12,13,14,16). The van der Waals surface area contributed by atoms with Gasteiger partial charge in [-0.2, -0.15) is 10.1 Å². The zero-order valence-corrected chi connectivity index (χ0v) is 11.0. The number of rotatable bonds is 5. The van der Waals surface area contributed by atoms with E-state index in [1.807, 2.05) is 16.9 Å². The summed E-state index contributed by atoms with van der Waals surface area (Å²) < 4.78 is 2.71. The molecule has 0 radical (unpaired) electrons. The minimum atomic E-state index is 0.592. The van der Waals surface area contributed by atoms with Crippen LogP contribution >= 0.6 is 15.9 Å². The molecule has 17 heavy (non-hydrogen) atoms. The average Bonchev–Trinajstić information content (AvgIpc) is 2.84. The summed E-state index contributed by atoms with van der Waals surface area (Å²) in [5.74, 6) is 1.37. The summed E-state index contributed by atoms with van der Waals surface area (Å²) in [6.45, 7) is 1.54. The van der Waals surface area contributed by atoms with E-state index in [9.17, 15) is 0 Å². The van der Waals surface area contributed by atoms with Gasteiger partial charge in [0.1, 0.15) is 5.82 Å². The molecular weight excluding hydrogens is 284 g/mol. The number of aromatic nitrogens is 4. The van der Waals surface area contributed by atoms with Gasteiger partial charge in [0, 0.05) is 32.2 Å². The lowest BCUT2D eigenvalue weighted by atomic mass is 10.5. The van der Waals surface area contributed by atoms with Crippen LogP contribution in [0.3, 0.4) is 0 Å². The number of nitrogens with one attached hydrogen (secondary N) is 2. The van der Waals surface area contributed by atoms with Crippen LogP contribution in [0.25, 0.3) is 0 Å². The Kier molecular flexibility index (Phi) is 3.92. The summed E-state index contributed by atoms with van der Waals surface area (Å²) >= 11 is 3.40. The summed E-state index contributed by atoms with van der Waals surface area (Å²) in [6, 6.07) is 1.90. The van der Waals surface area contributed by atoms with Gasteiger partial charge in [-0.15, -0.1) is 0 Å². The lowest BCUT2D eigenvalue weighted by Gasteiger charge is -2.08. The van der Waals surface area contributed by atoms with E-state index in [1.54, 1.807) is 19.4 Å². The van der Waals surface area contributed by atoms with Crippen molar-refractivity contribution < 1.29 is 0 Å². The van der Waals surface area contributed by atoms with Gasteiger partial charge in [0.2, 0.25) is 5.95 Å². The molecule has 6 nitrogen and oxygen atoms in total. The Morgan fingerprint density at radius 1 is 1.47 bits per heavy atom. The van der Waals surface area contributed by atoms with Crippen LogP contribution in [-0.4, -0.2) is 33.3 Å². The molecule has 2 heterocycles. The van der Waals surface area contributed by atoms with Crippen molar-refractivity contribution >= 4 is 27.7 Å². The predicted molar refractivity (Wildman–Crippen MR) is 70.0 cm³/mol. The molecule has 0 fully saturated rings. The summed E-state index contributed by atoms with van der Waals surface area (Å²) in [5.41, 5.74) is 0. The third-order valence-electron chi connectivity index (χ3n) is 2.16. The molecule has 0 amide bonds. The second kappa shape index (κ2) is 5.62. The monoisotopic (exact) mass is 296 g/mol. The van der Waals surface area contributed by atoms with Gasteiger partial charge in [-0.05, 0) is 22.0 Å². The van der Waals surface area contributed by atoms with E-state index < -0.39 is 0 Å². The highest BCUT2D eigenvalue weighted by Crippen LogP contribution is 2.19. The normalized spacial score (nSPS) is 10.2. The maximum absolute atomic E-state index is 4.30. The Hall–Kier alpha value is -1.63. The highest BCUT2D eigenvalue weighted by molar-refractivity contribution is 9.10. The molecule has 0 saturated carbocycles. The van der Waals surface area contributed by atoms with Crippen LogP contribution in [-0.2, 0) is 6.54 Å². The van der Waals surface area contributed by atoms with Gasteiger partial charge in [-0.3, -0.25) is 4.68 Å². The molecule has 2 rings (SSSR count). The number of nitrogens with zero attached hydrogens (tertiary/aromatic N) is 4. The SMILES string of the molecule is CNc1ncc(Br)c(NCCn2cccn2)n1. The van der Waals surface area contributed by atoms with Gasteiger partial charge in [-0.25, -0.2) is 4.98 Å². The molecule has 0 saturated heterocycles. The molecule has 0 atom stereocenters. The number of halogens is 1. The van der Waals surface area contributed by atoms with Crippen LogP contribution < -0.4 is 10.6 Å². The van der Waals surface area contributed by atoms with Crippen molar-refractivity contribution in [3.63, 3.8) is 0 Å². The molecule has 7 heteroatoms. The Labute approximate surface area is 108 Å². The maximum Gasteiger partial charge on any atom is 0.224 e. The number of hydrogen-bond donors (Lipinski definition) is 2. The number of hydrogen-bond acceptors (Lipinski definition) is 5. The summed E-state index contributed by atoms with van der Waals surface area (Å²) in [5, 5.41) is 10.2. The van der Waals surface area contributed by atoms with Gasteiger partial charge in [0.05, 0.1) is 11.0 Å². The fourth-order valence-electron chi connectivity index (χ4n) is 1.33. The van der Waals surface area contributed by atoms with E-state index >= 15 is 0 Å². The van der Waals surface area contributed by atoms with E-state index in [0.717, 1.165) is 23.4 Å². The fraction of sp³-hybridized carbons (Fsp3) is 0.300. The first-order valence-electron chi connectivity index (χ1n) is 5.21. The fourth-order valence-corrected chi connectivity index (χ4v) is 1.66. The smallest absolute Gasteiger partial charge is 0.224 e. The zero-order chi connectivity index (χ0) is 12.1. The van der Waals surface area contributed by atoms with Crippen LogP contribution in [0.1, 0.15) is 0 Å². The molecule has 0 aliphatic rings. The highest BCUT2D eigenvalue weighted by Gasteiger charge is 2.03. The van der Waals surface area contributed by atoms with Crippen molar-refractivity contribution in [3.8, 4) is 0 Å². The Morgan fingerprint density at radius 2 is 2.35 bits per heavy atom. The minimum absolute atomic E-state index is 0.592. The largest absolute Gasteiger partial charge is 0.367 e. The zero-order valence-electron chi connectivity index (χ0n) is 9.39. The van der Waals surface area contributed by atoms with Gasteiger partial charge < -0.3 is 10.6 Å². The van der Waals surface area contributed by atoms with Crippen LogP contribution in [0.4, 0.5) is 11.8 Å². The van der Waals surface area contributed by atoms with Crippen molar-refractivity contribution in [1.82, 2.24) is 19.7 Å². The van der Waals surface area contributed by atoms with Crippen LogP contribution in [0, 0.1) is 0 Å². The minimum Gasteiger partial charge on any atom is -0.367 e.